The highest BCUT2D eigenvalue weighted by Crippen LogP contribution is 2.32. The maximum absolute atomic E-state index is 14.1. The van der Waals surface area contributed by atoms with E-state index in [0.29, 0.717) is 11.7 Å². The molecule has 2 aliphatic heterocycles. The second-order valence-corrected chi connectivity index (χ2v) is 12.2. The number of hydrazine groups is 1. The number of phenols is 1. The molecule has 13 heteroatoms. The van der Waals surface area contributed by atoms with E-state index in [0.717, 1.165) is 33.3 Å². The number of anilines is 1. The first kappa shape index (κ1) is 29.6. The zero-order chi connectivity index (χ0) is 31.0. The van der Waals surface area contributed by atoms with Crippen molar-refractivity contribution in [2.45, 2.75) is 37.7 Å². The standard InChI is InChI=1S/C31H35N7O5S/c1-35(31(42)33-15-20-8-12-23(43-2)13-9-20)37-18-27(40)38-24(14-19-6-10-22(39)11-7-19)29(41)36(17-26(37)38)16-21-4-3-5-25-28(21)34-30(32)44-25/h3-12,23-24,26,39H,13-18H2,1-2H3,(H2,32,34)(H,33,42)/t23?,24-,26+/m0/s1. The fourth-order valence-corrected chi connectivity index (χ4v) is 6.80. The predicted molar refractivity (Wildman–Crippen MR) is 166 cm³/mol. The second-order valence-electron chi connectivity index (χ2n) is 11.1. The van der Waals surface area contributed by atoms with Crippen LogP contribution in [0.3, 0.4) is 0 Å². The van der Waals surface area contributed by atoms with E-state index in [1.54, 1.807) is 53.2 Å². The fourth-order valence-electron chi connectivity index (χ4n) is 6.02. The Morgan fingerprint density at radius 3 is 2.75 bits per heavy atom. The van der Waals surface area contributed by atoms with Crippen LogP contribution in [-0.2, 0) is 27.3 Å². The Kier molecular flexibility index (Phi) is 8.25. The molecule has 3 atom stereocenters. The molecule has 6 rings (SSSR count). The average Bonchev–Trinajstić information content (AvgIpc) is 3.57. The third-order valence-electron chi connectivity index (χ3n) is 8.38. The van der Waals surface area contributed by atoms with E-state index in [1.165, 1.54) is 16.3 Å². The molecule has 4 amide bonds. The maximum Gasteiger partial charge on any atom is 0.332 e. The van der Waals surface area contributed by atoms with Crippen LogP contribution in [-0.4, -0.2) is 99.9 Å². The molecule has 2 aromatic carbocycles. The molecule has 0 bridgehead atoms. The number of nitrogens with zero attached hydrogens (tertiary/aromatic N) is 5. The van der Waals surface area contributed by atoms with Crippen LogP contribution in [0, 0.1) is 0 Å². The Hall–Kier alpha value is -4.46. The number of ether oxygens (including phenoxy) is 1. The number of phenolic OH excluding ortho intramolecular Hbond substituents is 1. The van der Waals surface area contributed by atoms with Crippen LogP contribution in [0.4, 0.5) is 9.93 Å². The number of thiazole rings is 1. The highest BCUT2D eigenvalue weighted by molar-refractivity contribution is 7.22. The van der Waals surface area contributed by atoms with Crippen molar-refractivity contribution in [2.75, 3.05) is 39.5 Å². The minimum absolute atomic E-state index is 0.0325. The minimum atomic E-state index is -0.793. The number of piperazine rings is 1. The number of carbonyl (C=O) groups is 3. The van der Waals surface area contributed by atoms with Gasteiger partial charge in [0.2, 0.25) is 11.8 Å². The summed E-state index contributed by atoms with van der Waals surface area (Å²) in [4.78, 5) is 48.7. The summed E-state index contributed by atoms with van der Waals surface area (Å²) in [7, 11) is 3.29. The summed E-state index contributed by atoms with van der Waals surface area (Å²) in [5.41, 5.74) is 9.37. The van der Waals surface area contributed by atoms with E-state index >= 15 is 0 Å². The third kappa shape index (κ3) is 5.85. The van der Waals surface area contributed by atoms with Crippen molar-refractivity contribution in [2.24, 2.45) is 0 Å². The molecule has 1 aliphatic carbocycles. The highest BCUT2D eigenvalue weighted by Gasteiger charge is 2.51. The minimum Gasteiger partial charge on any atom is -0.508 e. The summed E-state index contributed by atoms with van der Waals surface area (Å²) in [6.07, 6.45) is 6.40. The molecule has 3 aromatic rings. The summed E-state index contributed by atoms with van der Waals surface area (Å²) in [6.45, 7) is 0.770. The van der Waals surface area contributed by atoms with Gasteiger partial charge in [0.1, 0.15) is 18.0 Å². The Balaban J connectivity index is 1.25. The van der Waals surface area contributed by atoms with E-state index in [4.69, 9.17) is 10.5 Å². The number of amides is 4. The summed E-state index contributed by atoms with van der Waals surface area (Å²) < 4.78 is 6.27. The molecular weight excluding hydrogens is 582 g/mol. The SMILES string of the molecule is COC1C=CC(CNC(=O)N(C)N2CC(=O)N3[C@@H](Cc4ccc(O)cc4)C(=O)N(Cc4cccc5sc(N)nc45)C[C@@H]32)=CC1. The van der Waals surface area contributed by atoms with Crippen LogP contribution < -0.4 is 11.1 Å². The number of urea groups is 1. The van der Waals surface area contributed by atoms with Gasteiger partial charge in [0, 0.05) is 33.7 Å². The van der Waals surface area contributed by atoms with Crippen molar-refractivity contribution < 1.29 is 24.2 Å². The van der Waals surface area contributed by atoms with Crippen LogP contribution in [0.5, 0.6) is 5.75 Å². The monoisotopic (exact) mass is 617 g/mol. The van der Waals surface area contributed by atoms with Gasteiger partial charge < -0.3 is 30.7 Å². The number of aromatic hydroxyl groups is 1. The van der Waals surface area contributed by atoms with Gasteiger partial charge in [-0.05, 0) is 41.3 Å². The van der Waals surface area contributed by atoms with Crippen LogP contribution >= 0.6 is 11.3 Å². The van der Waals surface area contributed by atoms with Crippen molar-refractivity contribution in [3.05, 3.63) is 77.4 Å². The molecular formula is C31H35N7O5S. The molecule has 1 unspecified atom stereocenters. The van der Waals surface area contributed by atoms with Crippen LogP contribution in [0.25, 0.3) is 10.2 Å². The van der Waals surface area contributed by atoms with Gasteiger partial charge in [-0.1, -0.05) is 53.8 Å². The first-order chi connectivity index (χ1) is 21.2. The molecule has 0 saturated carbocycles. The zero-order valence-corrected chi connectivity index (χ0v) is 25.4. The lowest BCUT2D eigenvalue weighted by Crippen LogP contribution is -2.65. The number of nitrogens with one attached hydrogen (secondary N) is 1. The number of carbonyl (C=O) groups excluding carboxylic acids is 3. The zero-order valence-electron chi connectivity index (χ0n) is 24.6. The molecule has 3 heterocycles. The number of para-hydroxylation sites is 1. The Bertz CT molecular complexity index is 1640. The van der Waals surface area contributed by atoms with E-state index in [9.17, 15) is 19.5 Å². The lowest BCUT2D eigenvalue weighted by Gasteiger charge is -2.45. The molecule has 2 fully saturated rings. The summed E-state index contributed by atoms with van der Waals surface area (Å²) in [6, 6.07) is 11.3. The van der Waals surface area contributed by atoms with Crippen LogP contribution in [0.1, 0.15) is 17.5 Å². The maximum atomic E-state index is 14.1. The Labute approximate surface area is 258 Å². The van der Waals surface area contributed by atoms with Gasteiger partial charge in [0.05, 0.1) is 29.4 Å². The number of rotatable bonds is 8. The van der Waals surface area contributed by atoms with Crippen LogP contribution in [0.2, 0.25) is 0 Å². The van der Waals surface area contributed by atoms with Crippen molar-refractivity contribution in [3.8, 4) is 5.75 Å². The van der Waals surface area contributed by atoms with Gasteiger partial charge in [-0.15, -0.1) is 0 Å². The summed E-state index contributed by atoms with van der Waals surface area (Å²) in [5, 5.41) is 16.3. The lowest BCUT2D eigenvalue weighted by atomic mass is 9.99. The first-order valence-corrected chi connectivity index (χ1v) is 15.2. The molecule has 0 radical (unpaired) electrons. The van der Waals surface area contributed by atoms with Gasteiger partial charge in [0.25, 0.3) is 0 Å². The highest BCUT2D eigenvalue weighted by atomic mass is 32.1. The van der Waals surface area contributed by atoms with Crippen molar-refractivity contribution in [1.29, 1.82) is 0 Å². The van der Waals surface area contributed by atoms with Gasteiger partial charge in [-0.2, -0.15) is 5.01 Å². The van der Waals surface area contributed by atoms with Gasteiger partial charge in [-0.3, -0.25) is 14.6 Å². The van der Waals surface area contributed by atoms with Crippen molar-refractivity contribution in [1.82, 2.24) is 30.1 Å². The number of nitrogen functional groups attached to an aromatic ring is 1. The molecule has 230 valence electrons. The smallest absolute Gasteiger partial charge is 0.332 e. The number of fused-ring (bicyclic) bond motifs is 2. The first-order valence-electron chi connectivity index (χ1n) is 14.4. The molecule has 0 spiro atoms. The van der Waals surface area contributed by atoms with E-state index in [1.807, 2.05) is 36.4 Å². The molecule has 3 aliphatic rings. The normalized spacial score (nSPS) is 22.0. The van der Waals surface area contributed by atoms with Crippen molar-refractivity contribution in [3.63, 3.8) is 0 Å². The summed E-state index contributed by atoms with van der Waals surface area (Å²) in [5.74, 6) is -0.306. The molecule has 12 nitrogen and oxygen atoms in total. The molecule has 1 aromatic heterocycles. The fraction of sp³-hybridized carbons (Fsp3) is 0.355. The largest absolute Gasteiger partial charge is 0.508 e. The predicted octanol–water partition coefficient (Wildman–Crippen LogP) is 2.47. The van der Waals surface area contributed by atoms with Gasteiger partial charge in [-0.25, -0.2) is 9.78 Å². The van der Waals surface area contributed by atoms with Gasteiger partial charge in [0.15, 0.2) is 5.13 Å². The lowest BCUT2D eigenvalue weighted by molar-refractivity contribution is -0.157. The molecule has 44 heavy (non-hydrogen) atoms. The molecule has 2 saturated heterocycles. The number of aromatic nitrogens is 1. The van der Waals surface area contributed by atoms with E-state index in [2.05, 4.69) is 10.3 Å². The quantitative estimate of drug-likeness (QED) is 0.350. The number of benzene rings is 2. The summed E-state index contributed by atoms with van der Waals surface area (Å²) >= 11 is 1.39. The Morgan fingerprint density at radius 1 is 1.23 bits per heavy atom. The molecule has 4 N–H and O–H groups in total. The number of nitrogens with two attached hydrogens (primary N) is 1. The number of hydrogen-bond donors (Lipinski definition) is 3. The van der Waals surface area contributed by atoms with E-state index in [-0.39, 0.29) is 55.8 Å². The third-order valence-corrected chi connectivity index (χ3v) is 9.23. The Morgan fingerprint density at radius 2 is 2.02 bits per heavy atom. The second kappa shape index (κ2) is 12.3. The van der Waals surface area contributed by atoms with Crippen molar-refractivity contribution >= 4 is 44.5 Å². The topological polar surface area (TPSA) is 145 Å². The average molecular weight is 618 g/mol. The number of hydrogen-bond acceptors (Lipinski definition) is 9. The number of methoxy groups -OCH3 is 1. The van der Waals surface area contributed by atoms with E-state index < -0.39 is 12.2 Å². The van der Waals surface area contributed by atoms with Crippen LogP contribution in [0.15, 0.2) is 66.3 Å². The van der Waals surface area contributed by atoms with Gasteiger partial charge >= 0.3 is 6.03 Å².